The molecule has 2 bridgehead atoms. The van der Waals surface area contributed by atoms with Crippen molar-refractivity contribution in [3.05, 3.63) is 65.9 Å². The predicted octanol–water partition coefficient (Wildman–Crippen LogP) is 4.59. The highest BCUT2D eigenvalue weighted by molar-refractivity contribution is 5.97. The van der Waals surface area contributed by atoms with Crippen molar-refractivity contribution in [3.63, 3.8) is 0 Å². The van der Waals surface area contributed by atoms with E-state index in [4.69, 9.17) is 4.98 Å². The molecule has 3 aromatic rings. The Morgan fingerprint density at radius 3 is 2.61 bits per heavy atom. The second-order valence-electron chi connectivity index (χ2n) is 6.85. The molecular formula is C21H20N2. The molecule has 2 aromatic carbocycles. The van der Waals surface area contributed by atoms with Gasteiger partial charge in [-0.05, 0) is 42.6 Å². The summed E-state index contributed by atoms with van der Waals surface area (Å²) < 4.78 is 0. The lowest BCUT2D eigenvalue weighted by atomic mass is 9.87. The molecule has 1 fully saturated rings. The molecular weight excluding hydrogens is 280 g/mol. The molecule has 1 saturated heterocycles. The van der Waals surface area contributed by atoms with Gasteiger partial charge in [0.15, 0.2) is 0 Å². The fourth-order valence-corrected chi connectivity index (χ4v) is 4.54. The zero-order valence-corrected chi connectivity index (χ0v) is 13.4. The van der Waals surface area contributed by atoms with Gasteiger partial charge in [-0.1, -0.05) is 48.5 Å². The number of hydrogen-bond acceptors (Lipinski definition) is 2. The monoisotopic (exact) mass is 300 g/mol. The summed E-state index contributed by atoms with van der Waals surface area (Å²) in [4.78, 5) is 7.63. The van der Waals surface area contributed by atoms with Crippen LogP contribution < -0.4 is 0 Å². The summed E-state index contributed by atoms with van der Waals surface area (Å²) in [7, 11) is 2.29. The van der Waals surface area contributed by atoms with E-state index < -0.39 is 0 Å². The highest BCUT2D eigenvalue weighted by Gasteiger charge is 2.40. The summed E-state index contributed by atoms with van der Waals surface area (Å²) >= 11 is 0. The molecule has 2 aliphatic heterocycles. The third kappa shape index (κ3) is 1.88. The van der Waals surface area contributed by atoms with Crippen LogP contribution >= 0.6 is 0 Å². The first-order chi connectivity index (χ1) is 11.3. The van der Waals surface area contributed by atoms with Crippen molar-refractivity contribution in [2.75, 3.05) is 7.05 Å². The van der Waals surface area contributed by atoms with Crippen molar-refractivity contribution in [1.82, 2.24) is 9.88 Å². The Hall–Kier alpha value is -2.19. The van der Waals surface area contributed by atoms with E-state index >= 15 is 0 Å². The largest absolute Gasteiger partial charge is 0.296 e. The van der Waals surface area contributed by atoms with Crippen LogP contribution in [0.1, 0.15) is 30.1 Å². The maximum absolute atomic E-state index is 5.05. The van der Waals surface area contributed by atoms with E-state index in [-0.39, 0.29) is 0 Å². The van der Waals surface area contributed by atoms with E-state index in [2.05, 4.69) is 66.5 Å². The van der Waals surface area contributed by atoms with Gasteiger partial charge in [0.2, 0.25) is 0 Å². The molecule has 23 heavy (non-hydrogen) atoms. The van der Waals surface area contributed by atoms with Gasteiger partial charge in [-0.3, -0.25) is 9.88 Å². The summed E-state index contributed by atoms with van der Waals surface area (Å²) in [5.41, 5.74) is 6.66. The maximum Gasteiger partial charge on any atom is 0.0711 e. The van der Waals surface area contributed by atoms with Crippen molar-refractivity contribution >= 4 is 10.9 Å². The van der Waals surface area contributed by atoms with E-state index in [0.717, 1.165) is 11.9 Å². The van der Waals surface area contributed by atoms with Crippen LogP contribution in [0.5, 0.6) is 0 Å². The number of fused-ring (bicyclic) bond motifs is 5. The number of pyridine rings is 1. The number of rotatable bonds is 1. The minimum absolute atomic E-state index is 0.524. The van der Waals surface area contributed by atoms with Gasteiger partial charge in [-0.2, -0.15) is 0 Å². The molecule has 114 valence electrons. The quantitative estimate of drug-likeness (QED) is 0.653. The minimum atomic E-state index is 0.524. The third-order valence-electron chi connectivity index (χ3n) is 5.67. The summed E-state index contributed by atoms with van der Waals surface area (Å²) in [5, 5.41) is 1.29. The zero-order chi connectivity index (χ0) is 15.4. The van der Waals surface area contributed by atoms with Gasteiger partial charge in [0.1, 0.15) is 0 Å². The average Bonchev–Trinajstić information content (AvgIpc) is 2.83. The first-order valence-corrected chi connectivity index (χ1v) is 8.52. The molecule has 2 nitrogen and oxygen atoms in total. The molecule has 0 saturated carbocycles. The Morgan fingerprint density at radius 2 is 1.74 bits per heavy atom. The number of para-hydroxylation sites is 1. The molecule has 1 aromatic heterocycles. The molecule has 0 N–H and O–H groups in total. The number of likely N-dealkylation sites (N-methyl/N-ethyl adjacent to an activating group) is 1. The fraction of sp³-hybridized carbons (Fsp3) is 0.286. The van der Waals surface area contributed by atoms with Gasteiger partial charge in [-0.15, -0.1) is 0 Å². The van der Waals surface area contributed by atoms with E-state index in [0.29, 0.717) is 12.1 Å². The number of hydrogen-bond donors (Lipinski definition) is 0. The van der Waals surface area contributed by atoms with E-state index in [9.17, 15) is 0 Å². The lowest BCUT2D eigenvalue weighted by Gasteiger charge is -2.34. The summed E-state index contributed by atoms with van der Waals surface area (Å²) in [6, 6.07) is 20.7. The van der Waals surface area contributed by atoms with Crippen LogP contribution in [0.25, 0.3) is 22.0 Å². The molecule has 0 aliphatic carbocycles. The van der Waals surface area contributed by atoms with Gasteiger partial charge >= 0.3 is 0 Å². The first kappa shape index (κ1) is 13.3. The van der Waals surface area contributed by atoms with Crippen molar-refractivity contribution in [2.45, 2.75) is 31.3 Å². The van der Waals surface area contributed by atoms with Crippen LogP contribution in [0, 0.1) is 0 Å². The van der Waals surface area contributed by atoms with Gasteiger partial charge in [0.25, 0.3) is 0 Å². The molecule has 0 spiro atoms. The van der Waals surface area contributed by atoms with Crippen LogP contribution in [-0.4, -0.2) is 23.0 Å². The Labute approximate surface area is 136 Å². The van der Waals surface area contributed by atoms with Crippen LogP contribution in [0.15, 0.2) is 54.6 Å². The molecule has 5 rings (SSSR count). The Morgan fingerprint density at radius 1 is 0.957 bits per heavy atom. The molecule has 2 aliphatic rings. The Bertz CT molecular complexity index is 885. The number of benzene rings is 2. The third-order valence-corrected chi connectivity index (χ3v) is 5.67. The maximum atomic E-state index is 5.05. The molecule has 3 heterocycles. The van der Waals surface area contributed by atoms with Crippen molar-refractivity contribution in [2.24, 2.45) is 0 Å². The van der Waals surface area contributed by atoms with Crippen LogP contribution in [0.3, 0.4) is 0 Å². The highest BCUT2D eigenvalue weighted by Crippen LogP contribution is 2.47. The first-order valence-electron chi connectivity index (χ1n) is 8.52. The van der Waals surface area contributed by atoms with Gasteiger partial charge in [0, 0.05) is 29.6 Å². The molecule has 0 amide bonds. The highest BCUT2D eigenvalue weighted by atomic mass is 15.2. The smallest absolute Gasteiger partial charge is 0.0711 e. The molecule has 2 atom stereocenters. The number of nitrogens with zero attached hydrogens (tertiary/aromatic N) is 2. The van der Waals surface area contributed by atoms with Crippen LogP contribution in [0.4, 0.5) is 0 Å². The van der Waals surface area contributed by atoms with Crippen LogP contribution in [0.2, 0.25) is 0 Å². The average molecular weight is 300 g/mol. The number of aromatic nitrogens is 1. The van der Waals surface area contributed by atoms with Crippen molar-refractivity contribution in [1.29, 1.82) is 0 Å². The second kappa shape index (κ2) is 4.90. The Balaban J connectivity index is 1.89. The SMILES string of the molecule is CN1C2CC[C@H]1c1c(nc3ccccc3c1-c1ccccc1)C2. The second-order valence-corrected chi connectivity index (χ2v) is 6.85. The van der Waals surface area contributed by atoms with E-state index in [1.165, 1.54) is 40.6 Å². The van der Waals surface area contributed by atoms with E-state index in [1.54, 1.807) is 0 Å². The summed E-state index contributed by atoms with van der Waals surface area (Å²) in [6.45, 7) is 0. The van der Waals surface area contributed by atoms with Gasteiger partial charge < -0.3 is 0 Å². The van der Waals surface area contributed by atoms with Gasteiger partial charge in [-0.25, -0.2) is 0 Å². The standard InChI is InChI=1S/C21H20N2/c1-23-15-11-12-19(23)21-18(13-15)22-17-10-6-5-9-16(17)20(21)14-7-3-2-4-8-14/h2-10,15,19H,11-13H2,1H3/t15?,19-/m0/s1. The fourth-order valence-electron chi connectivity index (χ4n) is 4.54. The van der Waals surface area contributed by atoms with Crippen LogP contribution in [-0.2, 0) is 6.42 Å². The lowest BCUT2D eigenvalue weighted by molar-refractivity contribution is 0.223. The van der Waals surface area contributed by atoms with E-state index in [1.807, 2.05) is 0 Å². The minimum Gasteiger partial charge on any atom is -0.296 e. The zero-order valence-electron chi connectivity index (χ0n) is 13.4. The Kier molecular flexibility index (Phi) is 2.83. The predicted molar refractivity (Wildman–Crippen MR) is 94.4 cm³/mol. The van der Waals surface area contributed by atoms with Gasteiger partial charge in [0.05, 0.1) is 5.52 Å². The topological polar surface area (TPSA) is 16.1 Å². The molecule has 0 radical (unpaired) electrons. The van der Waals surface area contributed by atoms with Crippen molar-refractivity contribution in [3.8, 4) is 11.1 Å². The summed E-state index contributed by atoms with van der Waals surface area (Å²) in [5.74, 6) is 0. The normalized spacial score (nSPS) is 23.2. The molecule has 1 unspecified atom stereocenters. The lowest BCUT2D eigenvalue weighted by Crippen LogP contribution is -2.35. The summed E-state index contributed by atoms with van der Waals surface area (Å²) in [6.07, 6.45) is 3.64. The van der Waals surface area contributed by atoms with Crippen molar-refractivity contribution < 1.29 is 0 Å². The molecule has 2 heteroatoms.